The topological polar surface area (TPSA) is 46.2 Å². The molecule has 3 N–H and O–H groups in total. The van der Waals surface area contributed by atoms with Crippen molar-refractivity contribution in [2.24, 2.45) is 5.73 Å². The van der Waals surface area contributed by atoms with E-state index in [9.17, 15) is 5.11 Å². The van der Waals surface area contributed by atoms with E-state index < -0.39 is 0 Å². The molecule has 0 aliphatic carbocycles. The first-order chi connectivity index (χ1) is 8.16. The van der Waals surface area contributed by atoms with Crippen molar-refractivity contribution in [2.75, 3.05) is 0 Å². The van der Waals surface area contributed by atoms with Gasteiger partial charge in [-0.3, -0.25) is 0 Å². The lowest BCUT2D eigenvalue weighted by atomic mass is 9.99. The van der Waals surface area contributed by atoms with Crippen molar-refractivity contribution in [1.29, 1.82) is 0 Å². The molecule has 0 spiro atoms. The minimum absolute atomic E-state index is 0.100. The molecule has 2 aromatic rings. The van der Waals surface area contributed by atoms with E-state index in [1.165, 1.54) is 4.88 Å². The van der Waals surface area contributed by atoms with Crippen molar-refractivity contribution in [2.45, 2.75) is 25.8 Å². The lowest BCUT2D eigenvalue weighted by Crippen LogP contribution is -2.11. The summed E-state index contributed by atoms with van der Waals surface area (Å²) in [6.07, 6.45) is 1.82. The normalized spacial score (nSPS) is 12.6. The fourth-order valence-corrected chi connectivity index (χ4v) is 2.60. The van der Waals surface area contributed by atoms with Gasteiger partial charge in [-0.25, -0.2) is 0 Å². The second kappa shape index (κ2) is 5.34. The van der Waals surface area contributed by atoms with E-state index in [1.54, 1.807) is 17.4 Å². The van der Waals surface area contributed by atoms with E-state index in [-0.39, 0.29) is 6.04 Å². The highest BCUT2D eigenvalue weighted by molar-refractivity contribution is 7.09. The number of hydrogen-bond donors (Lipinski definition) is 2. The SMILES string of the molecule is Cc1ccc(O)c(C(N)CCc2cccs2)c1. The van der Waals surface area contributed by atoms with E-state index in [0.717, 1.165) is 24.0 Å². The van der Waals surface area contributed by atoms with Crippen LogP contribution >= 0.6 is 11.3 Å². The number of hydrogen-bond acceptors (Lipinski definition) is 3. The number of aryl methyl sites for hydroxylation is 2. The smallest absolute Gasteiger partial charge is 0.120 e. The molecular formula is C14H17NOS. The summed E-state index contributed by atoms with van der Waals surface area (Å²) in [6.45, 7) is 2.01. The number of thiophene rings is 1. The Bertz CT molecular complexity index is 479. The Morgan fingerprint density at radius 3 is 2.88 bits per heavy atom. The minimum Gasteiger partial charge on any atom is -0.508 e. The molecule has 0 amide bonds. The summed E-state index contributed by atoms with van der Waals surface area (Å²) in [6, 6.07) is 9.65. The molecule has 1 heterocycles. The largest absolute Gasteiger partial charge is 0.508 e. The molecule has 3 heteroatoms. The van der Waals surface area contributed by atoms with Crippen LogP contribution in [-0.2, 0) is 6.42 Å². The number of phenolic OH excluding ortho intramolecular Hbond substituents is 1. The maximum absolute atomic E-state index is 9.79. The molecule has 0 saturated heterocycles. The van der Waals surface area contributed by atoms with Gasteiger partial charge in [-0.2, -0.15) is 0 Å². The summed E-state index contributed by atoms with van der Waals surface area (Å²) in [5, 5.41) is 11.9. The van der Waals surface area contributed by atoms with Gasteiger partial charge in [-0.15, -0.1) is 11.3 Å². The van der Waals surface area contributed by atoms with Crippen LogP contribution in [0.15, 0.2) is 35.7 Å². The fraction of sp³-hybridized carbons (Fsp3) is 0.286. The first-order valence-corrected chi connectivity index (χ1v) is 6.62. The molecule has 0 radical (unpaired) electrons. The van der Waals surface area contributed by atoms with Crippen molar-refractivity contribution in [3.63, 3.8) is 0 Å². The van der Waals surface area contributed by atoms with Crippen molar-refractivity contribution in [1.82, 2.24) is 0 Å². The van der Waals surface area contributed by atoms with E-state index in [0.29, 0.717) is 5.75 Å². The Hall–Kier alpha value is -1.32. The third-order valence-electron chi connectivity index (χ3n) is 2.86. The molecule has 0 aliphatic heterocycles. The molecule has 90 valence electrons. The van der Waals surface area contributed by atoms with Gasteiger partial charge >= 0.3 is 0 Å². The predicted octanol–water partition coefficient (Wildman–Crippen LogP) is 3.39. The second-order valence-corrected chi connectivity index (χ2v) is 5.32. The Balaban J connectivity index is 2.04. The van der Waals surface area contributed by atoms with Gasteiger partial charge in [0.15, 0.2) is 0 Å². The summed E-state index contributed by atoms with van der Waals surface area (Å²) >= 11 is 1.75. The van der Waals surface area contributed by atoms with Crippen LogP contribution < -0.4 is 5.73 Å². The highest BCUT2D eigenvalue weighted by Gasteiger charge is 2.11. The van der Waals surface area contributed by atoms with E-state index in [2.05, 4.69) is 17.5 Å². The number of rotatable bonds is 4. The molecule has 2 rings (SSSR count). The van der Waals surface area contributed by atoms with Crippen LogP contribution in [0.5, 0.6) is 5.75 Å². The molecule has 0 saturated carbocycles. The van der Waals surface area contributed by atoms with Crippen LogP contribution in [0.25, 0.3) is 0 Å². The van der Waals surface area contributed by atoms with E-state index in [1.807, 2.05) is 19.1 Å². The van der Waals surface area contributed by atoms with Crippen molar-refractivity contribution in [3.05, 3.63) is 51.7 Å². The van der Waals surface area contributed by atoms with Crippen LogP contribution in [0.2, 0.25) is 0 Å². The van der Waals surface area contributed by atoms with Gasteiger partial charge in [0.25, 0.3) is 0 Å². The van der Waals surface area contributed by atoms with Crippen molar-refractivity contribution >= 4 is 11.3 Å². The lowest BCUT2D eigenvalue weighted by molar-refractivity contribution is 0.458. The van der Waals surface area contributed by atoms with Gasteiger partial charge in [0, 0.05) is 16.5 Å². The highest BCUT2D eigenvalue weighted by atomic mass is 32.1. The van der Waals surface area contributed by atoms with Crippen molar-refractivity contribution in [3.8, 4) is 5.75 Å². The molecule has 1 atom stereocenters. The summed E-state index contributed by atoms with van der Waals surface area (Å²) in [7, 11) is 0. The van der Waals surface area contributed by atoms with Crippen LogP contribution in [0.4, 0.5) is 0 Å². The standard InChI is InChI=1S/C14H17NOS/c1-10-4-7-14(16)12(9-10)13(15)6-5-11-3-2-8-17-11/h2-4,7-9,13,16H,5-6,15H2,1H3. The maximum Gasteiger partial charge on any atom is 0.120 e. The minimum atomic E-state index is -0.100. The third kappa shape index (κ3) is 3.08. The average Bonchev–Trinajstić information content (AvgIpc) is 2.82. The molecule has 17 heavy (non-hydrogen) atoms. The monoisotopic (exact) mass is 247 g/mol. The Labute approximate surface area is 106 Å². The Kier molecular flexibility index (Phi) is 3.82. The van der Waals surface area contributed by atoms with Crippen LogP contribution in [0.3, 0.4) is 0 Å². The summed E-state index contributed by atoms with van der Waals surface area (Å²) in [5.74, 6) is 0.300. The van der Waals surface area contributed by atoms with Gasteiger partial charge in [0.2, 0.25) is 0 Å². The predicted molar refractivity (Wildman–Crippen MR) is 72.4 cm³/mol. The lowest BCUT2D eigenvalue weighted by Gasteiger charge is -2.13. The Morgan fingerprint density at radius 1 is 1.35 bits per heavy atom. The van der Waals surface area contributed by atoms with Crippen LogP contribution in [0.1, 0.15) is 28.5 Å². The van der Waals surface area contributed by atoms with Gasteiger partial charge in [0.05, 0.1) is 0 Å². The first kappa shape index (κ1) is 12.1. The Morgan fingerprint density at radius 2 is 2.18 bits per heavy atom. The molecule has 1 aromatic heterocycles. The quantitative estimate of drug-likeness (QED) is 0.870. The molecule has 2 nitrogen and oxygen atoms in total. The first-order valence-electron chi connectivity index (χ1n) is 5.74. The number of phenols is 1. The second-order valence-electron chi connectivity index (χ2n) is 4.29. The van der Waals surface area contributed by atoms with Gasteiger partial charge in [-0.1, -0.05) is 23.8 Å². The third-order valence-corrected chi connectivity index (χ3v) is 3.80. The van der Waals surface area contributed by atoms with Gasteiger partial charge in [-0.05, 0) is 37.3 Å². The number of aromatic hydroxyl groups is 1. The summed E-state index contributed by atoms with van der Waals surface area (Å²) < 4.78 is 0. The molecular weight excluding hydrogens is 230 g/mol. The molecule has 0 bridgehead atoms. The molecule has 0 fully saturated rings. The fourth-order valence-electron chi connectivity index (χ4n) is 1.88. The zero-order valence-corrected chi connectivity index (χ0v) is 10.7. The van der Waals surface area contributed by atoms with E-state index in [4.69, 9.17) is 5.73 Å². The molecule has 0 aliphatic rings. The zero-order valence-electron chi connectivity index (χ0n) is 9.89. The maximum atomic E-state index is 9.79. The van der Waals surface area contributed by atoms with Crippen LogP contribution in [0, 0.1) is 6.92 Å². The van der Waals surface area contributed by atoms with Crippen LogP contribution in [-0.4, -0.2) is 5.11 Å². The van der Waals surface area contributed by atoms with Gasteiger partial charge in [0.1, 0.15) is 5.75 Å². The average molecular weight is 247 g/mol. The molecule has 1 aromatic carbocycles. The van der Waals surface area contributed by atoms with Gasteiger partial charge < -0.3 is 10.8 Å². The summed E-state index contributed by atoms with van der Waals surface area (Å²) in [5.41, 5.74) is 8.10. The molecule has 1 unspecified atom stereocenters. The highest BCUT2D eigenvalue weighted by Crippen LogP contribution is 2.27. The number of benzene rings is 1. The number of nitrogens with two attached hydrogens (primary N) is 1. The zero-order chi connectivity index (χ0) is 12.3. The summed E-state index contributed by atoms with van der Waals surface area (Å²) in [4.78, 5) is 1.34. The van der Waals surface area contributed by atoms with E-state index >= 15 is 0 Å². The van der Waals surface area contributed by atoms with Crippen molar-refractivity contribution < 1.29 is 5.11 Å².